The Morgan fingerprint density at radius 2 is 2.11 bits per heavy atom. The maximum atomic E-state index is 12.1. The SMILES string of the molecule is COC(=O)C(O)(C(C)C)C1CCCc2ccccc21. The Labute approximate surface area is 114 Å². The minimum atomic E-state index is -1.44. The van der Waals surface area contributed by atoms with Gasteiger partial charge in [0.2, 0.25) is 0 Å². The third kappa shape index (κ3) is 2.27. The largest absolute Gasteiger partial charge is 0.467 e. The molecule has 0 bridgehead atoms. The van der Waals surface area contributed by atoms with Crippen LogP contribution in [0.5, 0.6) is 0 Å². The van der Waals surface area contributed by atoms with Crippen LogP contribution < -0.4 is 0 Å². The van der Waals surface area contributed by atoms with Gasteiger partial charge < -0.3 is 9.84 Å². The maximum Gasteiger partial charge on any atom is 0.338 e. The Bertz CT molecular complexity index is 467. The van der Waals surface area contributed by atoms with Crippen LogP contribution in [0.25, 0.3) is 0 Å². The van der Waals surface area contributed by atoms with E-state index in [0.717, 1.165) is 24.8 Å². The first-order valence-electron chi connectivity index (χ1n) is 6.90. The lowest BCUT2D eigenvalue weighted by Gasteiger charge is -2.40. The summed E-state index contributed by atoms with van der Waals surface area (Å²) < 4.78 is 4.86. The van der Waals surface area contributed by atoms with Gasteiger partial charge in [0.1, 0.15) is 0 Å². The fourth-order valence-corrected chi connectivity index (χ4v) is 3.15. The van der Waals surface area contributed by atoms with E-state index >= 15 is 0 Å². The first-order chi connectivity index (χ1) is 9.01. The van der Waals surface area contributed by atoms with Gasteiger partial charge >= 0.3 is 5.97 Å². The van der Waals surface area contributed by atoms with Crippen molar-refractivity contribution < 1.29 is 14.6 Å². The standard InChI is InChI=1S/C16H22O3/c1-11(2)16(18,15(17)19-3)14-10-6-8-12-7-4-5-9-13(12)14/h4-5,7,9,11,14,18H,6,8,10H2,1-3H3. The van der Waals surface area contributed by atoms with Crippen molar-refractivity contribution >= 4 is 5.97 Å². The molecule has 3 nitrogen and oxygen atoms in total. The molecule has 1 aromatic carbocycles. The van der Waals surface area contributed by atoms with E-state index in [1.54, 1.807) is 0 Å². The first kappa shape index (κ1) is 14.1. The topological polar surface area (TPSA) is 46.5 Å². The number of carbonyl (C=O) groups is 1. The van der Waals surface area contributed by atoms with Crippen LogP contribution in [0.4, 0.5) is 0 Å². The number of rotatable bonds is 3. The molecule has 0 heterocycles. The molecular weight excluding hydrogens is 240 g/mol. The Kier molecular flexibility index (Phi) is 3.95. The Morgan fingerprint density at radius 1 is 1.42 bits per heavy atom. The van der Waals surface area contributed by atoms with Crippen LogP contribution in [-0.2, 0) is 16.0 Å². The second kappa shape index (κ2) is 5.33. The van der Waals surface area contributed by atoms with E-state index in [2.05, 4.69) is 6.07 Å². The van der Waals surface area contributed by atoms with Crippen LogP contribution in [0.1, 0.15) is 43.7 Å². The van der Waals surface area contributed by atoms with Crippen LogP contribution in [0.2, 0.25) is 0 Å². The van der Waals surface area contributed by atoms with Crippen molar-refractivity contribution in [2.75, 3.05) is 7.11 Å². The van der Waals surface area contributed by atoms with E-state index in [-0.39, 0.29) is 11.8 Å². The highest BCUT2D eigenvalue weighted by atomic mass is 16.5. The maximum absolute atomic E-state index is 12.1. The van der Waals surface area contributed by atoms with Crippen molar-refractivity contribution in [1.29, 1.82) is 0 Å². The summed E-state index contributed by atoms with van der Waals surface area (Å²) in [5, 5.41) is 11.0. The average molecular weight is 262 g/mol. The van der Waals surface area contributed by atoms with Gasteiger partial charge in [-0.2, -0.15) is 0 Å². The number of hydrogen-bond donors (Lipinski definition) is 1. The van der Waals surface area contributed by atoms with Crippen molar-refractivity contribution in [3.63, 3.8) is 0 Å². The number of benzene rings is 1. The molecule has 0 aliphatic heterocycles. The summed E-state index contributed by atoms with van der Waals surface area (Å²) in [7, 11) is 1.34. The average Bonchev–Trinajstić information content (AvgIpc) is 2.44. The molecule has 0 aromatic heterocycles. The molecule has 0 amide bonds. The van der Waals surface area contributed by atoms with Crippen LogP contribution in [0, 0.1) is 5.92 Å². The highest BCUT2D eigenvalue weighted by Crippen LogP contribution is 2.43. The van der Waals surface area contributed by atoms with E-state index in [9.17, 15) is 9.90 Å². The molecule has 0 saturated carbocycles. The second-order valence-electron chi connectivity index (χ2n) is 5.62. The van der Waals surface area contributed by atoms with Crippen LogP contribution in [0.15, 0.2) is 24.3 Å². The van der Waals surface area contributed by atoms with Crippen LogP contribution in [-0.4, -0.2) is 23.8 Å². The summed E-state index contributed by atoms with van der Waals surface area (Å²) in [6, 6.07) is 8.08. The summed E-state index contributed by atoms with van der Waals surface area (Å²) in [4.78, 5) is 12.1. The Morgan fingerprint density at radius 3 is 2.74 bits per heavy atom. The number of aryl methyl sites for hydroxylation is 1. The van der Waals surface area contributed by atoms with Crippen molar-refractivity contribution in [3.05, 3.63) is 35.4 Å². The molecule has 104 valence electrons. The number of carbonyl (C=O) groups excluding carboxylic acids is 1. The zero-order valence-corrected chi connectivity index (χ0v) is 11.8. The van der Waals surface area contributed by atoms with Crippen LogP contribution >= 0.6 is 0 Å². The fourth-order valence-electron chi connectivity index (χ4n) is 3.15. The zero-order chi connectivity index (χ0) is 14.0. The summed E-state index contributed by atoms with van der Waals surface area (Å²) in [5.74, 6) is -0.884. The smallest absolute Gasteiger partial charge is 0.338 e. The van der Waals surface area contributed by atoms with Gasteiger partial charge in [-0.1, -0.05) is 38.1 Å². The van der Waals surface area contributed by atoms with Gasteiger partial charge in [-0.25, -0.2) is 4.79 Å². The van der Waals surface area contributed by atoms with Crippen molar-refractivity contribution in [3.8, 4) is 0 Å². The first-order valence-corrected chi connectivity index (χ1v) is 6.90. The van der Waals surface area contributed by atoms with Gasteiger partial charge in [0.05, 0.1) is 7.11 Å². The van der Waals surface area contributed by atoms with Crippen molar-refractivity contribution in [1.82, 2.24) is 0 Å². The lowest BCUT2D eigenvalue weighted by atomic mass is 9.69. The Balaban J connectivity index is 2.48. The predicted molar refractivity (Wildman–Crippen MR) is 73.9 cm³/mol. The molecular formula is C16H22O3. The number of aliphatic hydroxyl groups is 1. The molecule has 2 rings (SSSR count). The van der Waals surface area contributed by atoms with E-state index < -0.39 is 11.6 Å². The molecule has 1 aliphatic rings. The van der Waals surface area contributed by atoms with E-state index in [1.165, 1.54) is 12.7 Å². The molecule has 1 aromatic rings. The minimum Gasteiger partial charge on any atom is -0.467 e. The predicted octanol–water partition coefficient (Wildman–Crippen LogP) is 2.67. The van der Waals surface area contributed by atoms with Gasteiger partial charge in [0.15, 0.2) is 5.60 Å². The lowest BCUT2D eigenvalue weighted by Crippen LogP contribution is -2.50. The normalized spacial score (nSPS) is 21.6. The van der Waals surface area contributed by atoms with Gasteiger partial charge in [-0.15, -0.1) is 0 Å². The highest BCUT2D eigenvalue weighted by Gasteiger charge is 2.49. The number of esters is 1. The molecule has 3 heteroatoms. The monoisotopic (exact) mass is 262 g/mol. The molecule has 1 N–H and O–H groups in total. The fraction of sp³-hybridized carbons (Fsp3) is 0.562. The number of fused-ring (bicyclic) bond motifs is 1. The molecule has 0 radical (unpaired) electrons. The molecule has 0 saturated heterocycles. The third-order valence-corrected chi connectivity index (χ3v) is 4.29. The molecule has 0 spiro atoms. The lowest BCUT2D eigenvalue weighted by molar-refractivity contribution is -0.171. The van der Waals surface area contributed by atoms with E-state index in [0.29, 0.717) is 0 Å². The van der Waals surface area contributed by atoms with Crippen molar-refractivity contribution in [2.24, 2.45) is 5.92 Å². The number of ether oxygens (including phenoxy) is 1. The molecule has 1 aliphatic carbocycles. The van der Waals surface area contributed by atoms with Gasteiger partial charge in [0, 0.05) is 5.92 Å². The van der Waals surface area contributed by atoms with E-state index in [4.69, 9.17) is 4.74 Å². The molecule has 2 unspecified atom stereocenters. The quantitative estimate of drug-likeness (QED) is 0.852. The van der Waals surface area contributed by atoms with Gasteiger partial charge in [-0.05, 0) is 36.3 Å². The Hall–Kier alpha value is -1.35. The van der Waals surface area contributed by atoms with Crippen LogP contribution in [0.3, 0.4) is 0 Å². The van der Waals surface area contributed by atoms with Gasteiger partial charge in [-0.3, -0.25) is 0 Å². The summed E-state index contributed by atoms with van der Waals surface area (Å²) >= 11 is 0. The van der Waals surface area contributed by atoms with E-state index in [1.807, 2.05) is 32.0 Å². The zero-order valence-electron chi connectivity index (χ0n) is 11.8. The second-order valence-corrected chi connectivity index (χ2v) is 5.62. The number of hydrogen-bond acceptors (Lipinski definition) is 3. The molecule has 2 atom stereocenters. The highest BCUT2D eigenvalue weighted by molar-refractivity contribution is 5.81. The van der Waals surface area contributed by atoms with Crippen molar-refractivity contribution in [2.45, 2.75) is 44.6 Å². The minimum absolute atomic E-state index is 0.176. The summed E-state index contributed by atoms with van der Waals surface area (Å²) in [5.41, 5.74) is 0.891. The molecule has 0 fully saturated rings. The van der Waals surface area contributed by atoms with Gasteiger partial charge in [0.25, 0.3) is 0 Å². The number of methoxy groups -OCH3 is 1. The third-order valence-electron chi connectivity index (χ3n) is 4.29. The molecule has 19 heavy (non-hydrogen) atoms. The summed E-state index contributed by atoms with van der Waals surface area (Å²) in [6.45, 7) is 3.74. The summed E-state index contributed by atoms with van der Waals surface area (Å²) in [6.07, 6.45) is 2.83.